The molecular weight excluding hydrogens is 498 g/mol. The highest BCUT2D eigenvalue weighted by Crippen LogP contribution is 2.64. The number of hydrogen-bond donors (Lipinski definition) is 3. The van der Waals surface area contributed by atoms with Gasteiger partial charge in [0.1, 0.15) is 17.4 Å². The van der Waals surface area contributed by atoms with E-state index >= 15 is 0 Å². The van der Waals surface area contributed by atoms with Gasteiger partial charge in [0.05, 0.1) is 24.0 Å². The molecule has 1 spiro atoms. The molecule has 6 atom stereocenters. The van der Waals surface area contributed by atoms with E-state index in [0.29, 0.717) is 50.9 Å². The molecule has 3 fully saturated rings. The molecular formula is C30H45N3O6. The van der Waals surface area contributed by atoms with Gasteiger partial charge in [-0.15, -0.1) is 0 Å². The van der Waals surface area contributed by atoms with Crippen molar-refractivity contribution in [2.45, 2.75) is 102 Å². The summed E-state index contributed by atoms with van der Waals surface area (Å²) in [5.41, 5.74) is -1.19. The molecule has 3 amide bonds. The number of anilines is 1. The van der Waals surface area contributed by atoms with Crippen LogP contribution >= 0.6 is 0 Å². The van der Waals surface area contributed by atoms with Crippen molar-refractivity contribution >= 4 is 23.4 Å². The van der Waals surface area contributed by atoms with Crippen LogP contribution < -0.4 is 15.4 Å². The van der Waals surface area contributed by atoms with Crippen molar-refractivity contribution in [3.05, 3.63) is 24.3 Å². The lowest BCUT2D eigenvalue weighted by molar-refractivity contribution is -0.146. The topological polar surface area (TPSA) is 117 Å². The molecule has 1 aromatic carbocycles. The SMILES string of the molecule is CCCC(C)NC(=O)C1N(CCCCCO)C(=O)[C@@H]2[C@H](C(=O)Nc3ccc(OCC)cc3)[C@]3(CC)CCC12O3. The lowest BCUT2D eigenvalue weighted by Gasteiger charge is -2.34. The van der Waals surface area contributed by atoms with Crippen LogP contribution in [0.25, 0.3) is 0 Å². The van der Waals surface area contributed by atoms with Crippen LogP contribution in [0.1, 0.15) is 79.1 Å². The van der Waals surface area contributed by atoms with E-state index in [4.69, 9.17) is 9.47 Å². The smallest absolute Gasteiger partial charge is 0.246 e. The van der Waals surface area contributed by atoms with Crippen LogP contribution in [0.5, 0.6) is 5.75 Å². The van der Waals surface area contributed by atoms with Gasteiger partial charge in [-0.3, -0.25) is 14.4 Å². The summed E-state index contributed by atoms with van der Waals surface area (Å²) < 4.78 is 12.3. The zero-order valence-electron chi connectivity index (χ0n) is 23.8. The number of nitrogens with zero attached hydrogens (tertiary/aromatic N) is 1. The largest absolute Gasteiger partial charge is 0.494 e. The van der Waals surface area contributed by atoms with Gasteiger partial charge in [0, 0.05) is 24.9 Å². The maximum absolute atomic E-state index is 14.1. The lowest BCUT2D eigenvalue weighted by atomic mass is 9.65. The van der Waals surface area contributed by atoms with Crippen LogP contribution in [-0.4, -0.2) is 70.8 Å². The summed E-state index contributed by atoms with van der Waals surface area (Å²) in [6.45, 7) is 9.00. The van der Waals surface area contributed by atoms with Crippen LogP contribution in [0.15, 0.2) is 24.3 Å². The van der Waals surface area contributed by atoms with Gasteiger partial charge in [-0.25, -0.2) is 0 Å². The molecule has 3 aliphatic heterocycles. The first-order chi connectivity index (χ1) is 18.8. The predicted octanol–water partition coefficient (Wildman–Crippen LogP) is 3.65. The first-order valence-electron chi connectivity index (χ1n) is 14.7. The van der Waals surface area contributed by atoms with Crippen LogP contribution in [0.3, 0.4) is 0 Å². The number of ether oxygens (including phenoxy) is 2. The number of rotatable bonds is 14. The van der Waals surface area contributed by atoms with E-state index in [1.54, 1.807) is 29.2 Å². The zero-order valence-corrected chi connectivity index (χ0v) is 23.8. The summed E-state index contributed by atoms with van der Waals surface area (Å²) in [5, 5.41) is 15.4. The summed E-state index contributed by atoms with van der Waals surface area (Å²) >= 11 is 0. The van der Waals surface area contributed by atoms with Crippen molar-refractivity contribution in [3.8, 4) is 5.75 Å². The number of unbranched alkanes of at least 4 members (excludes halogenated alkanes) is 2. The molecule has 0 aromatic heterocycles. The lowest BCUT2D eigenvalue weighted by Crippen LogP contribution is -2.56. The zero-order chi connectivity index (χ0) is 28.2. The van der Waals surface area contributed by atoms with E-state index in [2.05, 4.69) is 17.6 Å². The Labute approximate surface area is 232 Å². The van der Waals surface area contributed by atoms with Crippen molar-refractivity contribution in [3.63, 3.8) is 0 Å². The Balaban J connectivity index is 1.64. The molecule has 2 bridgehead atoms. The molecule has 9 heteroatoms. The van der Waals surface area contributed by atoms with Crippen molar-refractivity contribution in [1.82, 2.24) is 10.2 Å². The Kier molecular flexibility index (Phi) is 9.21. The molecule has 4 rings (SSSR count). The minimum absolute atomic E-state index is 0.0261. The number of aliphatic hydroxyl groups is 1. The Morgan fingerprint density at radius 3 is 2.51 bits per heavy atom. The molecule has 9 nitrogen and oxygen atoms in total. The maximum atomic E-state index is 14.1. The van der Waals surface area contributed by atoms with Gasteiger partial charge < -0.3 is 30.1 Å². The monoisotopic (exact) mass is 543 g/mol. The summed E-state index contributed by atoms with van der Waals surface area (Å²) in [7, 11) is 0. The molecule has 216 valence electrons. The molecule has 3 N–H and O–H groups in total. The number of carbonyl (C=O) groups is 3. The van der Waals surface area contributed by atoms with Gasteiger partial charge in [0.2, 0.25) is 17.7 Å². The number of aliphatic hydroxyl groups excluding tert-OH is 1. The van der Waals surface area contributed by atoms with Gasteiger partial charge >= 0.3 is 0 Å². The standard InChI is InChI=1S/C30H45N3O6/c1-5-11-20(4)31-27(36)25-30-17-16-29(6-2,39-30)23(24(30)28(37)33(25)18-9-8-10-19-34)26(35)32-21-12-14-22(15-13-21)38-7-3/h12-15,20,23-25,34H,5-11,16-19H2,1-4H3,(H,31,36)(H,32,35)/t20?,23-,24+,25?,29+,30?/m1/s1. The van der Waals surface area contributed by atoms with Gasteiger partial charge in [0.25, 0.3) is 0 Å². The average Bonchev–Trinajstić information content (AvgIpc) is 3.51. The molecule has 0 aliphatic carbocycles. The number of carbonyl (C=O) groups excluding carboxylic acids is 3. The second-order valence-electron chi connectivity index (χ2n) is 11.3. The van der Waals surface area contributed by atoms with Gasteiger partial charge in [-0.05, 0) is 83.1 Å². The van der Waals surface area contributed by atoms with Gasteiger partial charge in [-0.1, -0.05) is 20.3 Å². The third kappa shape index (κ3) is 5.40. The highest BCUT2D eigenvalue weighted by molar-refractivity contribution is 6.02. The van der Waals surface area contributed by atoms with E-state index in [1.807, 2.05) is 20.8 Å². The highest BCUT2D eigenvalue weighted by atomic mass is 16.5. The average molecular weight is 544 g/mol. The third-order valence-corrected chi connectivity index (χ3v) is 8.81. The van der Waals surface area contributed by atoms with E-state index in [9.17, 15) is 19.5 Å². The van der Waals surface area contributed by atoms with Crippen molar-refractivity contribution < 1.29 is 29.0 Å². The molecule has 3 aliphatic rings. The van der Waals surface area contributed by atoms with Crippen LogP contribution in [-0.2, 0) is 19.1 Å². The van der Waals surface area contributed by atoms with E-state index in [0.717, 1.165) is 25.0 Å². The summed E-state index contributed by atoms with van der Waals surface area (Å²) in [6.07, 6.45) is 5.61. The Hall–Kier alpha value is -2.65. The van der Waals surface area contributed by atoms with E-state index < -0.39 is 29.1 Å². The fraction of sp³-hybridized carbons (Fsp3) is 0.700. The van der Waals surface area contributed by atoms with Crippen LogP contribution in [0.2, 0.25) is 0 Å². The Bertz CT molecular complexity index is 1030. The normalized spacial score (nSPS) is 29.8. The van der Waals surface area contributed by atoms with Crippen molar-refractivity contribution in [2.75, 3.05) is 25.1 Å². The second kappa shape index (κ2) is 12.3. The van der Waals surface area contributed by atoms with Crippen molar-refractivity contribution in [1.29, 1.82) is 0 Å². The fourth-order valence-electron chi connectivity index (χ4n) is 7.08. The predicted molar refractivity (Wildman–Crippen MR) is 148 cm³/mol. The number of fused-ring (bicyclic) bond motifs is 1. The summed E-state index contributed by atoms with van der Waals surface area (Å²) in [4.78, 5) is 43.5. The van der Waals surface area contributed by atoms with Crippen LogP contribution in [0.4, 0.5) is 5.69 Å². The highest BCUT2D eigenvalue weighted by Gasteiger charge is 2.78. The minimum Gasteiger partial charge on any atom is -0.494 e. The fourth-order valence-corrected chi connectivity index (χ4v) is 7.08. The first-order valence-corrected chi connectivity index (χ1v) is 14.7. The number of amides is 3. The van der Waals surface area contributed by atoms with E-state index in [-0.39, 0.29) is 30.4 Å². The first kappa shape index (κ1) is 29.3. The molecule has 3 heterocycles. The molecule has 39 heavy (non-hydrogen) atoms. The molecule has 0 radical (unpaired) electrons. The van der Waals surface area contributed by atoms with E-state index in [1.165, 1.54) is 0 Å². The number of nitrogens with one attached hydrogen (secondary N) is 2. The summed E-state index contributed by atoms with van der Waals surface area (Å²) in [6, 6.07) is 6.39. The molecule has 3 saturated heterocycles. The van der Waals surface area contributed by atoms with Gasteiger partial charge in [-0.2, -0.15) is 0 Å². The Morgan fingerprint density at radius 2 is 1.87 bits per heavy atom. The quantitative estimate of drug-likeness (QED) is 0.309. The molecule has 1 aromatic rings. The minimum atomic E-state index is -1.03. The van der Waals surface area contributed by atoms with Gasteiger partial charge in [0.15, 0.2) is 0 Å². The number of hydrogen-bond acceptors (Lipinski definition) is 6. The van der Waals surface area contributed by atoms with Crippen molar-refractivity contribution in [2.24, 2.45) is 11.8 Å². The molecule has 0 saturated carbocycles. The van der Waals surface area contributed by atoms with Crippen LogP contribution in [0, 0.1) is 11.8 Å². The molecule has 3 unspecified atom stereocenters. The Morgan fingerprint density at radius 1 is 1.13 bits per heavy atom. The summed E-state index contributed by atoms with van der Waals surface area (Å²) in [5.74, 6) is -1.32. The maximum Gasteiger partial charge on any atom is 0.246 e. The third-order valence-electron chi connectivity index (χ3n) is 8.81. The second-order valence-corrected chi connectivity index (χ2v) is 11.3. The number of likely N-dealkylation sites (tertiary alicyclic amines) is 1. The number of benzene rings is 1.